The molecule has 2 aromatic carbocycles. The molecule has 7 heteroatoms. The molecule has 134 valence electrons. The van der Waals surface area contributed by atoms with Crippen LogP contribution in [0.15, 0.2) is 53.4 Å². The summed E-state index contributed by atoms with van der Waals surface area (Å²) in [6, 6.07) is 13.5. The molecule has 0 aromatic heterocycles. The molecular weight excluding hydrogens is 379 g/mol. The molecule has 25 heavy (non-hydrogen) atoms. The van der Waals surface area contributed by atoms with Crippen LogP contribution in [0.1, 0.15) is 25.7 Å². The van der Waals surface area contributed by atoms with Crippen LogP contribution in [-0.4, -0.2) is 20.5 Å². The highest BCUT2D eigenvalue weighted by molar-refractivity contribution is 7.89. The van der Waals surface area contributed by atoms with Crippen LogP contribution >= 0.6 is 23.2 Å². The molecule has 2 aromatic rings. The van der Waals surface area contributed by atoms with Crippen LogP contribution in [0.3, 0.4) is 0 Å². The topological polar surface area (TPSA) is 58.2 Å². The summed E-state index contributed by atoms with van der Waals surface area (Å²) in [5.41, 5.74) is 0.937. The summed E-state index contributed by atoms with van der Waals surface area (Å²) in [6.45, 7) is 0. The molecule has 0 radical (unpaired) electrons. The maximum absolute atomic E-state index is 12.7. The van der Waals surface area contributed by atoms with Gasteiger partial charge in [0.25, 0.3) is 0 Å². The van der Waals surface area contributed by atoms with Gasteiger partial charge in [0.15, 0.2) is 0 Å². The van der Waals surface area contributed by atoms with Crippen LogP contribution in [0.4, 0.5) is 5.69 Å². The van der Waals surface area contributed by atoms with Gasteiger partial charge in [-0.15, -0.1) is 0 Å². The molecule has 3 rings (SSSR count). The first-order chi connectivity index (χ1) is 11.9. The fourth-order valence-corrected chi connectivity index (χ4v) is 4.65. The second-order valence-electron chi connectivity index (χ2n) is 6.22. The average Bonchev–Trinajstić information content (AvgIpc) is 2.59. The fraction of sp³-hybridized carbons (Fsp3) is 0.333. The minimum Gasteiger partial charge on any atom is -0.381 e. The Labute approximate surface area is 158 Å². The van der Waals surface area contributed by atoms with Gasteiger partial charge in [-0.2, -0.15) is 0 Å². The number of benzene rings is 2. The standard InChI is InChI=1S/C18H20Cl2N2O2S/c19-13-5-9-15(10-6-13)21-17-3-1-2-4-18(17)22-25(23,24)16-11-7-14(20)8-12-16/h5-12,17-18,21-22H,1-4H2/t17-,18-/m1/s1. The van der Waals surface area contributed by atoms with Crippen LogP contribution in [0, 0.1) is 0 Å². The lowest BCUT2D eigenvalue weighted by atomic mass is 9.91. The van der Waals surface area contributed by atoms with Crippen molar-refractivity contribution in [3.8, 4) is 0 Å². The number of nitrogens with one attached hydrogen (secondary N) is 2. The van der Waals surface area contributed by atoms with Gasteiger partial charge in [0, 0.05) is 27.8 Å². The van der Waals surface area contributed by atoms with Gasteiger partial charge in [0.1, 0.15) is 0 Å². The zero-order valence-corrected chi connectivity index (χ0v) is 15.9. The molecule has 0 spiro atoms. The van der Waals surface area contributed by atoms with Crippen LogP contribution < -0.4 is 10.0 Å². The first-order valence-electron chi connectivity index (χ1n) is 8.24. The van der Waals surface area contributed by atoms with Crippen molar-refractivity contribution in [3.63, 3.8) is 0 Å². The number of sulfonamides is 1. The summed E-state index contributed by atoms with van der Waals surface area (Å²) in [5, 5.41) is 4.62. The third kappa shape index (κ3) is 4.88. The largest absolute Gasteiger partial charge is 0.381 e. The van der Waals surface area contributed by atoms with E-state index < -0.39 is 10.0 Å². The fourth-order valence-electron chi connectivity index (χ4n) is 3.09. The number of hydrogen-bond donors (Lipinski definition) is 2. The minimum absolute atomic E-state index is 0.0389. The molecule has 1 aliphatic carbocycles. The van der Waals surface area contributed by atoms with Gasteiger partial charge in [-0.25, -0.2) is 13.1 Å². The minimum atomic E-state index is -3.58. The predicted octanol–water partition coefficient (Wildman–Crippen LogP) is 4.70. The Morgan fingerprint density at radius 1 is 0.800 bits per heavy atom. The molecule has 0 heterocycles. The molecule has 4 nitrogen and oxygen atoms in total. The second-order valence-corrected chi connectivity index (χ2v) is 8.81. The summed E-state index contributed by atoms with van der Waals surface area (Å²) in [5.74, 6) is 0. The van der Waals surface area contributed by atoms with E-state index in [1.54, 1.807) is 12.1 Å². The zero-order valence-electron chi connectivity index (χ0n) is 13.6. The van der Waals surface area contributed by atoms with Crippen molar-refractivity contribution in [2.45, 2.75) is 42.7 Å². The monoisotopic (exact) mass is 398 g/mol. The number of rotatable bonds is 5. The maximum Gasteiger partial charge on any atom is 0.240 e. The Hall–Kier alpha value is -1.27. The van der Waals surface area contributed by atoms with Crippen molar-refractivity contribution in [1.82, 2.24) is 4.72 Å². The molecule has 0 unspecified atom stereocenters. The van der Waals surface area contributed by atoms with Crippen LogP contribution in [-0.2, 0) is 10.0 Å². The normalized spacial score (nSPS) is 21.0. The van der Waals surface area contributed by atoms with Crippen LogP contribution in [0.25, 0.3) is 0 Å². The van der Waals surface area contributed by atoms with Crippen molar-refractivity contribution in [2.24, 2.45) is 0 Å². The summed E-state index contributed by atoms with van der Waals surface area (Å²) in [4.78, 5) is 0.229. The molecule has 0 saturated heterocycles. The molecule has 1 saturated carbocycles. The van der Waals surface area contributed by atoms with Crippen LogP contribution in [0.2, 0.25) is 10.0 Å². The smallest absolute Gasteiger partial charge is 0.240 e. The SMILES string of the molecule is O=S(=O)(N[C@@H]1CCCC[C@H]1Nc1ccc(Cl)cc1)c1ccc(Cl)cc1. The number of hydrogen-bond acceptors (Lipinski definition) is 3. The quantitative estimate of drug-likeness (QED) is 0.767. The summed E-state index contributed by atoms with van der Waals surface area (Å²) in [6.07, 6.45) is 3.80. The summed E-state index contributed by atoms with van der Waals surface area (Å²) >= 11 is 11.8. The van der Waals surface area contributed by atoms with Crippen LogP contribution in [0.5, 0.6) is 0 Å². The lowest BCUT2D eigenvalue weighted by Crippen LogP contribution is -2.48. The van der Waals surface area contributed by atoms with Gasteiger partial charge in [0.05, 0.1) is 4.90 Å². The molecule has 2 N–H and O–H groups in total. The Kier molecular flexibility index (Phi) is 5.89. The molecule has 0 aliphatic heterocycles. The molecule has 1 fully saturated rings. The number of halogens is 2. The third-order valence-electron chi connectivity index (χ3n) is 4.39. The van der Waals surface area contributed by atoms with Gasteiger partial charge in [-0.05, 0) is 61.4 Å². The van der Waals surface area contributed by atoms with Crippen molar-refractivity contribution < 1.29 is 8.42 Å². The predicted molar refractivity (Wildman–Crippen MR) is 103 cm³/mol. The first-order valence-corrected chi connectivity index (χ1v) is 10.5. The lowest BCUT2D eigenvalue weighted by Gasteiger charge is -2.33. The molecule has 1 aliphatic rings. The first kappa shape index (κ1) is 18.5. The highest BCUT2D eigenvalue weighted by Crippen LogP contribution is 2.25. The van der Waals surface area contributed by atoms with Crippen molar-refractivity contribution in [3.05, 3.63) is 58.6 Å². The number of anilines is 1. The Morgan fingerprint density at radius 3 is 1.92 bits per heavy atom. The van der Waals surface area contributed by atoms with E-state index in [-0.39, 0.29) is 17.0 Å². The Morgan fingerprint density at radius 2 is 1.32 bits per heavy atom. The molecule has 0 amide bonds. The average molecular weight is 399 g/mol. The van der Waals surface area contributed by atoms with E-state index in [4.69, 9.17) is 23.2 Å². The van der Waals surface area contributed by atoms with Crippen molar-refractivity contribution in [1.29, 1.82) is 0 Å². The van der Waals surface area contributed by atoms with Crippen molar-refractivity contribution in [2.75, 3.05) is 5.32 Å². The van der Waals surface area contributed by atoms with E-state index in [2.05, 4.69) is 10.0 Å². The maximum atomic E-state index is 12.7. The second kappa shape index (κ2) is 7.96. The summed E-state index contributed by atoms with van der Waals surface area (Å²) < 4.78 is 28.2. The van der Waals surface area contributed by atoms with E-state index in [1.807, 2.05) is 24.3 Å². The summed E-state index contributed by atoms with van der Waals surface area (Å²) in [7, 11) is -3.58. The molecular formula is C18H20Cl2N2O2S. The Bertz CT molecular complexity index is 808. The van der Waals surface area contributed by atoms with Gasteiger partial charge in [0.2, 0.25) is 10.0 Å². The molecule has 2 atom stereocenters. The van der Waals surface area contributed by atoms with E-state index in [0.717, 1.165) is 31.4 Å². The lowest BCUT2D eigenvalue weighted by molar-refractivity contribution is 0.378. The zero-order chi connectivity index (χ0) is 17.9. The van der Waals surface area contributed by atoms with Gasteiger partial charge >= 0.3 is 0 Å². The molecule has 0 bridgehead atoms. The van der Waals surface area contributed by atoms with E-state index in [1.165, 1.54) is 12.1 Å². The Balaban J connectivity index is 1.74. The van der Waals surface area contributed by atoms with Gasteiger partial charge < -0.3 is 5.32 Å². The van der Waals surface area contributed by atoms with Gasteiger partial charge in [-0.1, -0.05) is 36.0 Å². The van der Waals surface area contributed by atoms with E-state index in [9.17, 15) is 8.42 Å². The van der Waals surface area contributed by atoms with E-state index in [0.29, 0.717) is 10.0 Å². The van der Waals surface area contributed by atoms with E-state index >= 15 is 0 Å². The van der Waals surface area contributed by atoms with Gasteiger partial charge in [-0.3, -0.25) is 0 Å². The highest BCUT2D eigenvalue weighted by Gasteiger charge is 2.29. The highest BCUT2D eigenvalue weighted by atomic mass is 35.5. The van der Waals surface area contributed by atoms with Crippen molar-refractivity contribution >= 4 is 38.9 Å². The third-order valence-corrected chi connectivity index (χ3v) is 6.40.